The number of methoxy groups -OCH3 is 1. The molecule has 1 saturated heterocycles. The van der Waals surface area contributed by atoms with Crippen LogP contribution in [0.1, 0.15) is 28.4 Å². The van der Waals surface area contributed by atoms with E-state index in [1.165, 1.54) is 23.8 Å². The Balaban J connectivity index is 1.53. The van der Waals surface area contributed by atoms with Gasteiger partial charge in [0.1, 0.15) is 6.61 Å². The quantitative estimate of drug-likeness (QED) is 0.214. The Bertz CT molecular complexity index is 1420. The third kappa shape index (κ3) is 6.32. The highest BCUT2D eigenvalue weighted by atomic mass is 35.5. The highest BCUT2D eigenvalue weighted by Crippen LogP contribution is 2.39. The fourth-order valence-electron chi connectivity index (χ4n) is 3.53. The summed E-state index contributed by atoms with van der Waals surface area (Å²) in [5.74, 6) is 0.211. The second kappa shape index (κ2) is 12.4. The van der Waals surface area contributed by atoms with E-state index in [9.17, 15) is 9.59 Å². The van der Waals surface area contributed by atoms with E-state index in [1.807, 2.05) is 18.2 Å². The van der Waals surface area contributed by atoms with Crippen molar-refractivity contribution in [2.75, 3.05) is 20.8 Å². The van der Waals surface area contributed by atoms with Gasteiger partial charge in [-0.05, 0) is 72.8 Å². The van der Waals surface area contributed by atoms with Crippen LogP contribution in [-0.4, -0.2) is 42.7 Å². The first-order valence-electron chi connectivity index (χ1n) is 11.6. The smallest absolute Gasteiger partial charge is 0.338 e. The molecule has 0 atom stereocenters. The lowest BCUT2D eigenvalue weighted by Crippen LogP contribution is -2.23. The van der Waals surface area contributed by atoms with Gasteiger partial charge >= 0.3 is 5.97 Å². The van der Waals surface area contributed by atoms with Crippen LogP contribution < -0.4 is 9.47 Å². The number of amides is 1. The molecule has 0 spiro atoms. The van der Waals surface area contributed by atoms with Crippen molar-refractivity contribution in [1.82, 2.24) is 4.90 Å². The summed E-state index contributed by atoms with van der Waals surface area (Å²) in [7, 11) is 3.17. The molecule has 0 unspecified atom stereocenters. The molecule has 0 saturated carbocycles. The highest BCUT2D eigenvalue weighted by molar-refractivity contribution is 8.18. The summed E-state index contributed by atoms with van der Waals surface area (Å²) in [6, 6.07) is 17.5. The highest BCUT2D eigenvalue weighted by Gasteiger charge is 2.30. The zero-order valence-corrected chi connectivity index (χ0v) is 23.2. The van der Waals surface area contributed by atoms with Crippen LogP contribution in [0.3, 0.4) is 0 Å². The van der Waals surface area contributed by atoms with E-state index >= 15 is 0 Å². The molecular weight excluding hydrogens is 547 g/mol. The number of carbonyl (C=O) groups is 2. The van der Waals surface area contributed by atoms with Gasteiger partial charge < -0.3 is 14.2 Å². The van der Waals surface area contributed by atoms with Crippen molar-refractivity contribution < 1.29 is 23.8 Å². The van der Waals surface area contributed by atoms with Crippen LogP contribution in [0.2, 0.25) is 10.0 Å². The molecule has 7 nitrogen and oxygen atoms in total. The first kappa shape index (κ1) is 27.6. The number of halogens is 2. The molecule has 0 radical (unpaired) electrons. The zero-order valence-electron chi connectivity index (χ0n) is 20.9. The molecule has 10 heteroatoms. The number of nitrogens with zero attached hydrogens (tertiary/aromatic N) is 2. The van der Waals surface area contributed by atoms with Crippen LogP contribution in [0.5, 0.6) is 11.5 Å². The summed E-state index contributed by atoms with van der Waals surface area (Å²) in [6.45, 7) is 2.27. The van der Waals surface area contributed by atoms with E-state index in [0.29, 0.717) is 55.0 Å². The average Bonchev–Trinajstić information content (AvgIpc) is 3.16. The molecule has 1 aliphatic rings. The topological polar surface area (TPSA) is 77.4 Å². The summed E-state index contributed by atoms with van der Waals surface area (Å²) in [5.41, 5.74) is 2.52. The molecule has 1 fully saturated rings. The molecule has 38 heavy (non-hydrogen) atoms. The van der Waals surface area contributed by atoms with Gasteiger partial charge in [-0.2, -0.15) is 0 Å². The largest absolute Gasteiger partial charge is 0.493 e. The molecule has 3 aromatic rings. The van der Waals surface area contributed by atoms with Crippen LogP contribution in [0.4, 0.5) is 5.69 Å². The lowest BCUT2D eigenvalue weighted by molar-refractivity contribution is -0.121. The number of likely N-dealkylation sites (N-methyl/N-ethyl adjacent to an activating group) is 1. The van der Waals surface area contributed by atoms with Crippen molar-refractivity contribution in [3.05, 3.63) is 92.3 Å². The van der Waals surface area contributed by atoms with Crippen LogP contribution in [0, 0.1) is 0 Å². The molecule has 0 bridgehead atoms. The lowest BCUT2D eigenvalue weighted by atomic mass is 10.1. The number of carbonyl (C=O) groups excluding carboxylic acids is 2. The molecule has 1 amide bonds. The molecule has 196 valence electrons. The van der Waals surface area contributed by atoms with Crippen LogP contribution >= 0.6 is 35.0 Å². The molecule has 1 aliphatic heterocycles. The maximum atomic E-state index is 12.9. The summed E-state index contributed by atoms with van der Waals surface area (Å²) >= 11 is 14.0. The summed E-state index contributed by atoms with van der Waals surface area (Å²) in [5, 5.41) is 1.43. The Morgan fingerprint density at radius 1 is 1.08 bits per heavy atom. The van der Waals surface area contributed by atoms with Gasteiger partial charge in [-0.15, -0.1) is 0 Å². The van der Waals surface area contributed by atoms with E-state index in [-0.39, 0.29) is 12.5 Å². The number of rotatable bonds is 8. The van der Waals surface area contributed by atoms with E-state index in [0.717, 1.165) is 5.56 Å². The molecule has 3 aromatic carbocycles. The number of aliphatic imine (C=N–C) groups is 1. The van der Waals surface area contributed by atoms with Gasteiger partial charge in [0.05, 0.1) is 34.9 Å². The van der Waals surface area contributed by atoms with Crippen molar-refractivity contribution in [3.8, 4) is 11.5 Å². The van der Waals surface area contributed by atoms with Crippen LogP contribution in [0.15, 0.2) is 70.6 Å². The second-order valence-electron chi connectivity index (χ2n) is 8.05. The van der Waals surface area contributed by atoms with Gasteiger partial charge in [0.15, 0.2) is 16.7 Å². The Labute approximate surface area is 235 Å². The molecule has 4 rings (SSSR count). The van der Waals surface area contributed by atoms with Gasteiger partial charge in [-0.3, -0.25) is 9.69 Å². The Morgan fingerprint density at radius 3 is 2.50 bits per heavy atom. The maximum absolute atomic E-state index is 12.9. The van der Waals surface area contributed by atoms with Crippen LogP contribution in [-0.2, 0) is 16.1 Å². The minimum atomic E-state index is -0.395. The first-order valence-corrected chi connectivity index (χ1v) is 13.1. The number of benzene rings is 3. The fraction of sp³-hybridized carbons (Fsp3) is 0.179. The minimum Gasteiger partial charge on any atom is -0.493 e. The van der Waals surface area contributed by atoms with E-state index in [2.05, 4.69) is 4.99 Å². The van der Waals surface area contributed by atoms with Crippen LogP contribution in [0.25, 0.3) is 6.08 Å². The third-order valence-corrected chi connectivity index (χ3v) is 7.20. The Hall–Kier alpha value is -3.46. The summed E-state index contributed by atoms with van der Waals surface area (Å²) in [4.78, 5) is 31.3. The molecular formula is C28H24Cl2N2O5S. The van der Waals surface area contributed by atoms with Crippen molar-refractivity contribution >= 4 is 63.8 Å². The minimum absolute atomic E-state index is 0.203. The normalized spacial score (nSPS) is 15.3. The Kier molecular flexibility index (Phi) is 8.99. The Morgan fingerprint density at radius 2 is 1.82 bits per heavy atom. The summed E-state index contributed by atoms with van der Waals surface area (Å²) < 4.78 is 16.4. The monoisotopic (exact) mass is 570 g/mol. The number of hydrogen-bond acceptors (Lipinski definition) is 7. The SMILES string of the molecule is CCOC(=O)c1ccc(N=C2SC(=Cc3cc(Cl)c(OCc4ccccc4Cl)c(OC)c3)C(=O)N2C)cc1. The number of thioether (sulfide) groups is 1. The molecule has 0 N–H and O–H groups in total. The van der Waals surface area contributed by atoms with E-state index in [1.54, 1.807) is 62.5 Å². The van der Waals surface area contributed by atoms with Gasteiger partial charge in [-0.25, -0.2) is 9.79 Å². The first-order chi connectivity index (χ1) is 18.3. The van der Waals surface area contributed by atoms with Crippen molar-refractivity contribution in [3.63, 3.8) is 0 Å². The molecule has 1 heterocycles. The van der Waals surface area contributed by atoms with Crippen molar-refractivity contribution in [1.29, 1.82) is 0 Å². The predicted molar refractivity (Wildman–Crippen MR) is 152 cm³/mol. The fourth-order valence-corrected chi connectivity index (χ4v) is 4.98. The van der Waals surface area contributed by atoms with Crippen molar-refractivity contribution in [2.45, 2.75) is 13.5 Å². The average molecular weight is 571 g/mol. The zero-order chi connectivity index (χ0) is 27.2. The van der Waals surface area contributed by atoms with Gasteiger partial charge in [0.2, 0.25) is 0 Å². The maximum Gasteiger partial charge on any atom is 0.338 e. The van der Waals surface area contributed by atoms with E-state index < -0.39 is 5.97 Å². The number of esters is 1. The van der Waals surface area contributed by atoms with Gasteiger partial charge in [-0.1, -0.05) is 41.4 Å². The number of ether oxygens (including phenoxy) is 3. The summed E-state index contributed by atoms with van der Waals surface area (Å²) in [6.07, 6.45) is 1.72. The van der Waals surface area contributed by atoms with Crippen molar-refractivity contribution in [2.24, 2.45) is 4.99 Å². The third-order valence-electron chi connectivity index (χ3n) is 5.49. The standard InChI is InChI=1S/C28H24Cl2N2O5S/c1-4-36-27(34)18-9-11-20(12-10-18)31-28-32(2)26(33)24(38-28)15-17-13-22(30)25(23(14-17)35-3)37-16-19-7-5-6-8-21(19)29/h5-15H,4,16H2,1-3H3. The number of amidine groups is 1. The van der Waals surface area contributed by atoms with Gasteiger partial charge in [0, 0.05) is 17.6 Å². The predicted octanol–water partition coefficient (Wildman–Crippen LogP) is 6.99. The lowest BCUT2D eigenvalue weighted by Gasteiger charge is -2.14. The second-order valence-corrected chi connectivity index (χ2v) is 9.87. The molecule has 0 aliphatic carbocycles. The number of hydrogen-bond donors (Lipinski definition) is 0. The van der Waals surface area contributed by atoms with Gasteiger partial charge in [0.25, 0.3) is 5.91 Å². The molecule has 0 aromatic heterocycles. The van der Waals surface area contributed by atoms with E-state index in [4.69, 9.17) is 37.4 Å².